The average molecular weight is 345 g/mol. The first-order valence-corrected chi connectivity index (χ1v) is 7.31. The van der Waals surface area contributed by atoms with E-state index in [1.807, 2.05) is 0 Å². The van der Waals surface area contributed by atoms with E-state index < -0.39 is 11.0 Å². The molecular formula is C13H17BrN2O4. The van der Waals surface area contributed by atoms with Gasteiger partial charge in [-0.05, 0) is 30.9 Å². The van der Waals surface area contributed by atoms with Gasteiger partial charge in [-0.25, -0.2) is 0 Å². The Hall–Kier alpha value is -1.18. The lowest BCUT2D eigenvalue weighted by Crippen LogP contribution is -2.32. The van der Waals surface area contributed by atoms with Gasteiger partial charge < -0.3 is 15.2 Å². The molecule has 20 heavy (non-hydrogen) atoms. The van der Waals surface area contributed by atoms with E-state index in [4.69, 9.17) is 4.74 Å². The SMILES string of the molecule is O=[N+]([O-])c1ccc(Br)cc1NCC(O)C1CCOCC1. The second-order valence-corrected chi connectivity index (χ2v) is 5.73. The number of hydrogen-bond donors (Lipinski definition) is 2. The third kappa shape index (κ3) is 3.91. The molecule has 0 spiro atoms. The molecule has 0 aliphatic carbocycles. The number of rotatable bonds is 5. The van der Waals surface area contributed by atoms with Crippen LogP contribution in [-0.2, 0) is 4.74 Å². The van der Waals surface area contributed by atoms with Crippen molar-refractivity contribution in [3.8, 4) is 0 Å². The van der Waals surface area contributed by atoms with Crippen LogP contribution in [-0.4, -0.2) is 35.9 Å². The molecule has 6 nitrogen and oxygen atoms in total. The number of hydrogen-bond acceptors (Lipinski definition) is 5. The van der Waals surface area contributed by atoms with Gasteiger partial charge in [0.15, 0.2) is 0 Å². The number of nitro groups is 1. The molecule has 0 aromatic heterocycles. The van der Waals surface area contributed by atoms with Crippen molar-refractivity contribution in [3.63, 3.8) is 0 Å². The number of nitrogens with one attached hydrogen (secondary N) is 1. The summed E-state index contributed by atoms with van der Waals surface area (Å²) >= 11 is 3.29. The Morgan fingerprint density at radius 2 is 2.20 bits per heavy atom. The second kappa shape index (κ2) is 7.01. The predicted octanol–water partition coefficient (Wildman–Crippen LogP) is 2.56. The summed E-state index contributed by atoms with van der Waals surface area (Å²) in [7, 11) is 0. The summed E-state index contributed by atoms with van der Waals surface area (Å²) in [6.07, 6.45) is 1.12. The van der Waals surface area contributed by atoms with E-state index in [1.165, 1.54) is 6.07 Å². The zero-order valence-corrected chi connectivity index (χ0v) is 12.5. The van der Waals surface area contributed by atoms with Crippen molar-refractivity contribution in [3.05, 3.63) is 32.8 Å². The maximum absolute atomic E-state index is 11.0. The van der Waals surface area contributed by atoms with E-state index in [-0.39, 0.29) is 11.6 Å². The van der Waals surface area contributed by atoms with E-state index in [9.17, 15) is 15.2 Å². The maximum atomic E-state index is 11.0. The summed E-state index contributed by atoms with van der Waals surface area (Å²) in [6.45, 7) is 1.62. The van der Waals surface area contributed by atoms with Crippen molar-refractivity contribution in [1.29, 1.82) is 0 Å². The Labute approximate surface area is 125 Å². The van der Waals surface area contributed by atoms with Crippen LogP contribution in [0.3, 0.4) is 0 Å². The largest absolute Gasteiger partial charge is 0.391 e. The number of aliphatic hydroxyl groups excluding tert-OH is 1. The van der Waals surface area contributed by atoms with E-state index in [0.717, 1.165) is 17.3 Å². The van der Waals surface area contributed by atoms with Crippen molar-refractivity contribution >= 4 is 27.3 Å². The lowest BCUT2D eigenvalue weighted by molar-refractivity contribution is -0.384. The van der Waals surface area contributed by atoms with Crippen LogP contribution < -0.4 is 5.32 Å². The van der Waals surface area contributed by atoms with Crippen LogP contribution in [0, 0.1) is 16.0 Å². The highest BCUT2D eigenvalue weighted by molar-refractivity contribution is 9.10. The topological polar surface area (TPSA) is 84.6 Å². The van der Waals surface area contributed by atoms with E-state index in [1.54, 1.807) is 12.1 Å². The minimum Gasteiger partial charge on any atom is -0.391 e. The van der Waals surface area contributed by atoms with Crippen molar-refractivity contribution in [2.24, 2.45) is 5.92 Å². The highest BCUT2D eigenvalue weighted by atomic mass is 79.9. The molecule has 2 rings (SSSR count). The molecule has 0 amide bonds. The molecule has 1 aromatic rings. The van der Waals surface area contributed by atoms with Gasteiger partial charge in [0, 0.05) is 30.3 Å². The normalized spacial score (nSPS) is 17.7. The highest BCUT2D eigenvalue weighted by Crippen LogP contribution is 2.28. The molecule has 7 heteroatoms. The third-order valence-electron chi connectivity index (χ3n) is 3.47. The van der Waals surface area contributed by atoms with E-state index in [2.05, 4.69) is 21.2 Å². The Kier molecular flexibility index (Phi) is 5.33. The van der Waals surface area contributed by atoms with Crippen molar-refractivity contribution in [2.75, 3.05) is 25.1 Å². The third-order valence-corrected chi connectivity index (χ3v) is 3.96. The van der Waals surface area contributed by atoms with Gasteiger partial charge in [0.1, 0.15) is 5.69 Å². The zero-order chi connectivity index (χ0) is 14.5. The fraction of sp³-hybridized carbons (Fsp3) is 0.538. The van der Waals surface area contributed by atoms with Gasteiger partial charge in [0.05, 0.1) is 11.0 Å². The van der Waals surface area contributed by atoms with Crippen LogP contribution in [0.15, 0.2) is 22.7 Å². The first-order valence-electron chi connectivity index (χ1n) is 6.51. The number of halogens is 1. The summed E-state index contributed by atoms with van der Waals surface area (Å²) in [5.41, 5.74) is 0.419. The molecule has 0 saturated carbocycles. The van der Waals surface area contributed by atoms with Crippen LogP contribution in [0.5, 0.6) is 0 Å². The Bertz CT molecular complexity index is 477. The van der Waals surface area contributed by atoms with E-state index >= 15 is 0 Å². The van der Waals surface area contributed by atoms with Gasteiger partial charge in [-0.2, -0.15) is 0 Å². The molecule has 0 bridgehead atoms. The van der Waals surface area contributed by atoms with Gasteiger partial charge in [-0.15, -0.1) is 0 Å². The number of nitro benzene ring substituents is 1. The van der Waals surface area contributed by atoms with Gasteiger partial charge in [0.2, 0.25) is 0 Å². The van der Waals surface area contributed by atoms with Gasteiger partial charge in [0.25, 0.3) is 5.69 Å². The monoisotopic (exact) mass is 344 g/mol. The van der Waals surface area contributed by atoms with Crippen LogP contribution >= 0.6 is 15.9 Å². The van der Waals surface area contributed by atoms with Crippen LogP contribution in [0.1, 0.15) is 12.8 Å². The Morgan fingerprint density at radius 1 is 1.50 bits per heavy atom. The highest BCUT2D eigenvalue weighted by Gasteiger charge is 2.23. The van der Waals surface area contributed by atoms with Gasteiger partial charge in [-0.3, -0.25) is 10.1 Å². The zero-order valence-electron chi connectivity index (χ0n) is 10.9. The van der Waals surface area contributed by atoms with Crippen molar-refractivity contribution in [2.45, 2.75) is 18.9 Å². The first kappa shape index (κ1) is 15.2. The molecule has 1 fully saturated rings. The lowest BCUT2D eigenvalue weighted by Gasteiger charge is -2.27. The standard InChI is InChI=1S/C13H17BrN2O4/c14-10-1-2-12(16(18)19)11(7-10)15-8-13(17)9-3-5-20-6-4-9/h1-2,7,9,13,15,17H,3-6,8H2. The molecule has 1 aliphatic heterocycles. The van der Waals surface area contributed by atoms with E-state index in [0.29, 0.717) is 25.4 Å². The van der Waals surface area contributed by atoms with Gasteiger partial charge >= 0.3 is 0 Å². The maximum Gasteiger partial charge on any atom is 0.292 e. The fourth-order valence-corrected chi connectivity index (χ4v) is 2.65. The Balaban J connectivity index is 1.99. The number of ether oxygens (including phenoxy) is 1. The summed E-state index contributed by atoms with van der Waals surface area (Å²) in [4.78, 5) is 10.5. The molecule has 2 N–H and O–H groups in total. The number of benzene rings is 1. The molecule has 1 atom stereocenters. The van der Waals surface area contributed by atoms with Crippen molar-refractivity contribution in [1.82, 2.24) is 0 Å². The minimum atomic E-state index is -0.530. The van der Waals surface area contributed by atoms with Crippen LogP contribution in [0.2, 0.25) is 0 Å². The molecular weight excluding hydrogens is 328 g/mol. The molecule has 1 saturated heterocycles. The molecule has 110 valence electrons. The first-order chi connectivity index (χ1) is 9.58. The predicted molar refractivity (Wildman–Crippen MR) is 78.8 cm³/mol. The van der Waals surface area contributed by atoms with Crippen molar-refractivity contribution < 1.29 is 14.8 Å². The van der Waals surface area contributed by atoms with Crippen LogP contribution in [0.4, 0.5) is 11.4 Å². The lowest BCUT2D eigenvalue weighted by atomic mass is 9.94. The molecule has 1 unspecified atom stereocenters. The number of anilines is 1. The minimum absolute atomic E-state index is 0.00683. The Morgan fingerprint density at radius 3 is 2.85 bits per heavy atom. The number of nitrogens with zero attached hydrogens (tertiary/aromatic N) is 1. The molecule has 1 aromatic carbocycles. The van der Waals surface area contributed by atoms with Crippen LogP contribution in [0.25, 0.3) is 0 Å². The molecule has 1 aliphatic rings. The molecule has 0 radical (unpaired) electrons. The smallest absolute Gasteiger partial charge is 0.292 e. The average Bonchev–Trinajstić information content (AvgIpc) is 2.45. The summed E-state index contributed by atoms with van der Waals surface area (Å²) < 4.78 is 6.01. The van der Waals surface area contributed by atoms with Gasteiger partial charge in [-0.1, -0.05) is 15.9 Å². The second-order valence-electron chi connectivity index (χ2n) is 4.82. The fourth-order valence-electron chi connectivity index (χ4n) is 2.29. The quantitative estimate of drug-likeness (QED) is 0.633. The summed E-state index contributed by atoms with van der Waals surface area (Å²) in [5, 5.41) is 24.1. The summed E-state index contributed by atoms with van der Waals surface area (Å²) in [6, 6.07) is 4.71. The molecule has 1 heterocycles. The summed E-state index contributed by atoms with van der Waals surface area (Å²) in [5.74, 6) is 0.183. The number of aliphatic hydroxyl groups is 1.